The van der Waals surface area contributed by atoms with Crippen molar-refractivity contribution in [2.24, 2.45) is 4.99 Å². The first-order chi connectivity index (χ1) is 15.2. The summed E-state index contributed by atoms with van der Waals surface area (Å²) in [6, 6.07) is 21.4. The van der Waals surface area contributed by atoms with E-state index < -0.39 is 0 Å². The van der Waals surface area contributed by atoms with Crippen molar-refractivity contribution in [3.63, 3.8) is 0 Å². The number of benzene rings is 2. The number of fused-ring (bicyclic) bond motifs is 1. The molecule has 4 heteroatoms. The van der Waals surface area contributed by atoms with Crippen LogP contribution >= 0.6 is 0 Å². The van der Waals surface area contributed by atoms with E-state index >= 15 is 0 Å². The Labute approximate surface area is 185 Å². The molecule has 0 atom stereocenters. The van der Waals surface area contributed by atoms with Crippen LogP contribution in [-0.2, 0) is 16.8 Å². The Morgan fingerprint density at radius 3 is 2.39 bits per heavy atom. The summed E-state index contributed by atoms with van der Waals surface area (Å²) in [6.07, 6.45) is 10.2. The molecule has 5 rings (SSSR count). The predicted molar refractivity (Wildman–Crippen MR) is 125 cm³/mol. The lowest BCUT2D eigenvalue weighted by atomic mass is 9.75. The zero-order valence-corrected chi connectivity index (χ0v) is 18.3. The molecular weight excluding hydrogens is 382 g/mol. The molecule has 160 valence electrons. The lowest BCUT2D eigenvalue weighted by Crippen LogP contribution is -2.44. The summed E-state index contributed by atoms with van der Waals surface area (Å²) in [5.41, 5.74) is 3.97. The second kappa shape index (κ2) is 8.62. The second-order valence-electron chi connectivity index (χ2n) is 8.99. The highest BCUT2D eigenvalue weighted by Gasteiger charge is 2.39. The first-order valence-electron chi connectivity index (χ1n) is 11.4. The van der Waals surface area contributed by atoms with Gasteiger partial charge in [0.2, 0.25) is 0 Å². The molecule has 1 fully saturated rings. The Kier molecular flexibility index (Phi) is 5.54. The monoisotopic (exact) mass is 413 g/mol. The Hall–Kier alpha value is -3.01. The fourth-order valence-corrected chi connectivity index (χ4v) is 5.16. The van der Waals surface area contributed by atoms with Crippen LogP contribution in [0.3, 0.4) is 0 Å². The zero-order valence-electron chi connectivity index (χ0n) is 18.3. The van der Waals surface area contributed by atoms with Crippen LogP contribution < -0.4 is 0 Å². The largest absolute Gasteiger partial charge is 0.485 e. The van der Waals surface area contributed by atoms with Crippen molar-refractivity contribution in [2.45, 2.75) is 44.1 Å². The number of likely N-dealkylation sites (N-methyl/N-ethyl adjacent to an activating group) is 1. The lowest BCUT2D eigenvalue weighted by Gasteiger charge is -2.40. The van der Waals surface area contributed by atoms with Crippen LogP contribution in [0, 0.1) is 0 Å². The smallest absolute Gasteiger partial charge is 0.163 e. The van der Waals surface area contributed by atoms with Crippen molar-refractivity contribution in [1.29, 1.82) is 0 Å². The summed E-state index contributed by atoms with van der Waals surface area (Å²) in [7, 11) is 2.13. The van der Waals surface area contributed by atoms with Gasteiger partial charge in [-0.2, -0.15) is 0 Å². The van der Waals surface area contributed by atoms with E-state index in [2.05, 4.69) is 77.6 Å². The van der Waals surface area contributed by atoms with Crippen LogP contribution in [0.2, 0.25) is 0 Å². The molecule has 2 heterocycles. The summed E-state index contributed by atoms with van der Waals surface area (Å²) in [4.78, 5) is 9.60. The minimum atomic E-state index is 0.199. The van der Waals surface area contributed by atoms with Crippen LogP contribution in [0.4, 0.5) is 0 Å². The van der Waals surface area contributed by atoms with Crippen LogP contribution in [0.25, 0.3) is 0 Å². The normalized spacial score (nSPS) is 20.0. The summed E-state index contributed by atoms with van der Waals surface area (Å²) in [5, 5.41) is 0. The highest BCUT2D eigenvalue weighted by atomic mass is 16.5. The van der Waals surface area contributed by atoms with E-state index in [0.717, 1.165) is 31.0 Å². The molecule has 0 radical (unpaired) electrons. The van der Waals surface area contributed by atoms with Crippen molar-refractivity contribution >= 4 is 5.84 Å². The molecule has 0 N–H and O–H groups in total. The molecule has 2 aliphatic heterocycles. The Bertz CT molecular complexity index is 988. The molecule has 0 amide bonds. The van der Waals surface area contributed by atoms with Gasteiger partial charge in [-0.3, -0.25) is 0 Å². The third kappa shape index (κ3) is 4.12. The number of hydrogen-bond donors (Lipinski definition) is 0. The Morgan fingerprint density at radius 2 is 1.65 bits per heavy atom. The van der Waals surface area contributed by atoms with Gasteiger partial charge in [0.25, 0.3) is 0 Å². The minimum absolute atomic E-state index is 0.199. The molecule has 4 nitrogen and oxygen atoms in total. The molecule has 0 unspecified atom stereocenters. The minimum Gasteiger partial charge on any atom is -0.485 e. The molecule has 2 aromatic carbocycles. The summed E-state index contributed by atoms with van der Waals surface area (Å²) >= 11 is 0. The maximum absolute atomic E-state index is 6.23. The number of nitrogens with zero attached hydrogens (tertiary/aromatic N) is 3. The molecule has 0 saturated heterocycles. The van der Waals surface area contributed by atoms with Gasteiger partial charge in [-0.05, 0) is 24.0 Å². The quantitative estimate of drug-likeness (QED) is 0.631. The third-order valence-electron chi connectivity index (χ3n) is 6.89. The highest BCUT2D eigenvalue weighted by molar-refractivity contribution is 5.88. The molecule has 0 aromatic heterocycles. The first-order valence-corrected chi connectivity index (χ1v) is 11.4. The van der Waals surface area contributed by atoms with Crippen LogP contribution in [0.5, 0.6) is 0 Å². The summed E-state index contributed by atoms with van der Waals surface area (Å²) < 4.78 is 6.23. The van der Waals surface area contributed by atoms with Crippen LogP contribution in [-0.4, -0.2) is 35.8 Å². The summed E-state index contributed by atoms with van der Waals surface area (Å²) in [5.74, 6) is 2.04. The molecule has 1 aliphatic carbocycles. The predicted octanol–water partition coefficient (Wildman–Crippen LogP) is 5.45. The van der Waals surface area contributed by atoms with Gasteiger partial charge < -0.3 is 14.5 Å². The van der Waals surface area contributed by atoms with E-state index in [1.165, 1.54) is 42.6 Å². The fraction of sp³-hybridized carbons (Fsp3) is 0.370. The van der Waals surface area contributed by atoms with E-state index in [9.17, 15) is 0 Å². The van der Waals surface area contributed by atoms with Gasteiger partial charge in [0.15, 0.2) is 5.76 Å². The molecule has 2 aromatic rings. The topological polar surface area (TPSA) is 28.1 Å². The van der Waals surface area contributed by atoms with Gasteiger partial charge in [-0.15, -0.1) is 0 Å². The average Bonchev–Trinajstić information content (AvgIpc) is 3.29. The molecule has 0 bridgehead atoms. The number of hydrogen-bond acceptors (Lipinski definition) is 4. The van der Waals surface area contributed by atoms with E-state index in [4.69, 9.17) is 9.73 Å². The Balaban J connectivity index is 1.43. The van der Waals surface area contributed by atoms with Crippen LogP contribution in [0.1, 0.15) is 43.2 Å². The van der Waals surface area contributed by atoms with E-state index in [0.29, 0.717) is 6.61 Å². The van der Waals surface area contributed by atoms with Gasteiger partial charge in [-0.1, -0.05) is 73.5 Å². The van der Waals surface area contributed by atoms with Crippen molar-refractivity contribution < 1.29 is 4.74 Å². The molecule has 0 spiro atoms. The maximum Gasteiger partial charge on any atom is 0.163 e. The lowest BCUT2D eigenvalue weighted by molar-refractivity contribution is 0.184. The Morgan fingerprint density at radius 1 is 0.935 bits per heavy atom. The van der Waals surface area contributed by atoms with E-state index in [1.54, 1.807) is 0 Å². The first kappa shape index (κ1) is 19.9. The maximum atomic E-state index is 6.23. The SMILES string of the molecule is CN1C=C2C(OCc3ccccc3)=CN=C(CC3(c4ccccc4)CCCC3)N2CC1. The van der Waals surface area contributed by atoms with Crippen molar-refractivity contribution in [2.75, 3.05) is 20.1 Å². The van der Waals surface area contributed by atoms with Crippen molar-refractivity contribution in [3.05, 3.63) is 95.6 Å². The van der Waals surface area contributed by atoms with Crippen molar-refractivity contribution in [3.8, 4) is 0 Å². The van der Waals surface area contributed by atoms with E-state index in [1.807, 2.05) is 12.3 Å². The van der Waals surface area contributed by atoms with Gasteiger partial charge in [0, 0.05) is 38.2 Å². The molecular formula is C27H31N3O. The standard InChI is InChI=1S/C27H31N3O/c1-29-16-17-30-24(20-29)25(31-21-22-10-4-2-5-11-22)19-28-26(30)18-27(14-8-9-15-27)23-12-6-3-7-13-23/h2-7,10-13,19-20H,8-9,14-18,21H2,1H3. The molecule has 31 heavy (non-hydrogen) atoms. The number of aliphatic imine (C=N–C) groups is 1. The highest BCUT2D eigenvalue weighted by Crippen LogP contribution is 2.45. The van der Waals surface area contributed by atoms with Gasteiger partial charge >= 0.3 is 0 Å². The average molecular weight is 414 g/mol. The molecule has 1 saturated carbocycles. The number of amidine groups is 1. The van der Waals surface area contributed by atoms with Gasteiger partial charge in [0.1, 0.15) is 18.1 Å². The van der Waals surface area contributed by atoms with E-state index in [-0.39, 0.29) is 5.41 Å². The molecule has 3 aliphatic rings. The zero-order chi connectivity index (χ0) is 21.1. The second-order valence-corrected chi connectivity index (χ2v) is 8.99. The van der Waals surface area contributed by atoms with Gasteiger partial charge in [-0.25, -0.2) is 4.99 Å². The van der Waals surface area contributed by atoms with Gasteiger partial charge in [0.05, 0.1) is 6.20 Å². The van der Waals surface area contributed by atoms with Crippen LogP contribution in [0.15, 0.2) is 89.5 Å². The fourth-order valence-electron chi connectivity index (χ4n) is 5.16. The van der Waals surface area contributed by atoms with Crippen molar-refractivity contribution in [1.82, 2.24) is 9.80 Å². The number of rotatable bonds is 6. The summed E-state index contributed by atoms with van der Waals surface area (Å²) in [6.45, 7) is 2.49. The third-order valence-corrected chi connectivity index (χ3v) is 6.89. The number of ether oxygens (including phenoxy) is 1.